The predicted octanol–water partition coefficient (Wildman–Crippen LogP) is 2.51. The van der Waals surface area contributed by atoms with Gasteiger partial charge >= 0.3 is 0 Å². The SMILES string of the molecule is Cl.Cl.O=C(c1ccc2ccccc2n1)N1CCCNCC1. The Kier molecular flexibility index (Phi) is 6.89. The quantitative estimate of drug-likeness (QED) is 0.875. The zero-order valence-electron chi connectivity index (χ0n) is 11.6. The van der Waals surface area contributed by atoms with Gasteiger partial charge in [-0.25, -0.2) is 4.98 Å². The van der Waals surface area contributed by atoms with E-state index in [0.717, 1.165) is 43.5 Å². The summed E-state index contributed by atoms with van der Waals surface area (Å²) in [5.74, 6) is 0.0365. The fourth-order valence-electron chi connectivity index (χ4n) is 2.40. The van der Waals surface area contributed by atoms with E-state index in [-0.39, 0.29) is 30.7 Å². The summed E-state index contributed by atoms with van der Waals surface area (Å²) < 4.78 is 0. The molecule has 1 fully saturated rings. The van der Waals surface area contributed by atoms with Crippen molar-refractivity contribution in [2.45, 2.75) is 6.42 Å². The first kappa shape index (κ1) is 17.7. The van der Waals surface area contributed by atoms with E-state index in [1.165, 1.54) is 0 Å². The third-order valence-corrected chi connectivity index (χ3v) is 3.44. The second-order valence-corrected chi connectivity index (χ2v) is 4.78. The lowest BCUT2D eigenvalue weighted by molar-refractivity contribution is 0.0761. The molecular formula is C15H19Cl2N3O. The molecule has 0 radical (unpaired) electrons. The van der Waals surface area contributed by atoms with Gasteiger partial charge in [0.15, 0.2) is 0 Å². The molecule has 0 spiro atoms. The molecule has 1 aliphatic rings. The standard InChI is InChI=1S/C15H17N3O.2ClH/c19-15(18-10-3-8-16-9-11-18)14-7-6-12-4-1-2-5-13(12)17-14;;/h1-2,4-7,16H,3,8-11H2;2*1H. The minimum atomic E-state index is 0. The second kappa shape index (κ2) is 8.17. The summed E-state index contributed by atoms with van der Waals surface area (Å²) in [5, 5.41) is 4.37. The molecule has 3 rings (SSSR count). The van der Waals surface area contributed by atoms with E-state index in [4.69, 9.17) is 0 Å². The zero-order chi connectivity index (χ0) is 13.1. The Hall–Kier alpha value is -1.36. The number of fused-ring (bicyclic) bond motifs is 1. The molecule has 1 amide bonds. The average Bonchev–Trinajstić information content (AvgIpc) is 2.75. The van der Waals surface area contributed by atoms with Gasteiger partial charge in [0.05, 0.1) is 5.52 Å². The molecule has 0 aliphatic carbocycles. The molecule has 0 unspecified atom stereocenters. The zero-order valence-corrected chi connectivity index (χ0v) is 13.3. The van der Waals surface area contributed by atoms with Gasteiger partial charge in [-0.05, 0) is 25.1 Å². The van der Waals surface area contributed by atoms with Crippen molar-refractivity contribution in [2.24, 2.45) is 0 Å². The topological polar surface area (TPSA) is 45.2 Å². The second-order valence-electron chi connectivity index (χ2n) is 4.78. The molecule has 1 saturated heterocycles. The number of nitrogens with zero attached hydrogens (tertiary/aromatic N) is 2. The monoisotopic (exact) mass is 327 g/mol. The summed E-state index contributed by atoms with van der Waals surface area (Å²) in [6.45, 7) is 3.40. The van der Waals surface area contributed by atoms with Crippen LogP contribution in [0.1, 0.15) is 16.9 Å². The van der Waals surface area contributed by atoms with Gasteiger partial charge in [0.2, 0.25) is 0 Å². The number of amides is 1. The van der Waals surface area contributed by atoms with Crippen molar-refractivity contribution in [1.82, 2.24) is 15.2 Å². The van der Waals surface area contributed by atoms with E-state index in [2.05, 4.69) is 10.3 Å². The molecular weight excluding hydrogens is 309 g/mol. The van der Waals surface area contributed by atoms with E-state index in [1.807, 2.05) is 41.3 Å². The fourth-order valence-corrected chi connectivity index (χ4v) is 2.40. The maximum Gasteiger partial charge on any atom is 0.272 e. The molecule has 21 heavy (non-hydrogen) atoms. The van der Waals surface area contributed by atoms with Gasteiger partial charge in [-0.15, -0.1) is 24.8 Å². The van der Waals surface area contributed by atoms with Crippen molar-refractivity contribution in [3.05, 3.63) is 42.1 Å². The van der Waals surface area contributed by atoms with E-state index >= 15 is 0 Å². The normalized spacial score (nSPS) is 14.8. The number of carbonyl (C=O) groups is 1. The van der Waals surface area contributed by atoms with Gasteiger partial charge in [-0.1, -0.05) is 24.3 Å². The van der Waals surface area contributed by atoms with Gasteiger partial charge < -0.3 is 10.2 Å². The minimum Gasteiger partial charge on any atom is -0.336 e. The molecule has 114 valence electrons. The summed E-state index contributed by atoms with van der Waals surface area (Å²) >= 11 is 0. The van der Waals surface area contributed by atoms with Crippen molar-refractivity contribution in [2.75, 3.05) is 26.2 Å². The Morgan fingerprint density at radius 2 is 1.86 bits per heavy atom. The lowest BCUT2D eigenvalue weighted by Gasteiger charge is -2.19. The number of halogens is 2. The Balaban J connectivity index is 0.00000110. The van der Waals surface area contributed by atoms with Crippen LogP contribution < -0.4 is 5.32 Å². The van der Waals surface area contributed by atoms with Crippen LogP contribution in [0.2, 0.25) is 0 Å². The van der Waals surface area contributed by atoms with Gasteiger partial charge in [0.25, 0.3) is 5.91 Å². The summed E-state index contributed by atoms with van der Waals surface area (Å²) in [4.78, 5) is 18.8. The molecule has 6 heteroatoms. The molecule has 4 nitrogen and oxygen atoms in total. The van der Waals surface area contributed by atoms with Crippen molar-refractivity contribution in [1.29, 1.82) is 0 Å². The lowest BCUT2D eigenvalue weighted by atomic mass is 10.2. The Morgan fingerprint density at radius 3 is 2.71 bits per heavy atom. The number of pyridine rings is 1. The highest BCUT2D eigenvalue weighted by atomic mass is 35.5. The highest BCUT2D eigenvalue weighted by molar-refractivity contribution is 5.94. The van der Waals surface area contributed by atoms with Crippen LogP contribution in [0.3, 0.4) is 0 Å². The summed E-state index contributed by atoms with van der Waals surface area (Å²) in [6.07, 6.45) is 0.999. The molecule has 1 aromatic carbocycles. The van der Waals surface area contributed by atoms with Gasteiger partial charge in [0, 0.05) is 25.0 Å². The minimum absolute atomic E-state index is 0. The number of carbonyl (C=O) groups excluding carboxylic acids is 1. The number of rotatable bonds is 1. The first-order valence-corrected chi connectivity index (χ1v) is 6.70. The highest BCUT2D eigenvalue weighted by Crippen LogP contribution is 2.13. The number of hydrogen-bond acceptors (Lipinski definition) is 3. The fraction of sp³-hybridized carbons (Fsp3) is 0.333. The maximum absolute atomic E-state index is 12.4. The maximum atomic E-state index is 12.4. The number of nitrogens with one attached hydrogen (secondary N) is 1. The van der Waals surface area contributed by atoms with Crippen LogP contribution in [0.25, 0.3) is 10.9 Å². The number of aromatic nitrogens is 1. The van der Waals surface area contributed by atoms with Crippen LogP contribution in [-0.4, -0.2) is 42.0 Å². The Labute approximate surface area is 136 Å². The molecule has 0 bridgehead atoms. The third kappa shape index (κ3) is 4.06. The van der Waals surface area contributed by atoms with Crippen LogP contribution in [0.5, 0.6) is 0 Å². The van der Waals surface area contributed by atoms with Gasteiger partial charge in [-0.2, -0.15) is 0 Å². The molecule has 1 aromatic heterocycles. The average molecular weight is 328 g/mol. The van der Waals surface area contributed by atoms with E-state index < -0.39 is 0 Å². The van der Waals surface area contributed by atoms with Crippen LogP contribution in [-0.2, 0) is 0 Å². The molecule has 1 N–H and O–H groups in total. The highest BCUT2D eigenvalue weighted by Gasteiger charge is 2.18. The van der Waals surface area contributed by atoms with Crippen molar-refractivity contribution < 1.29 is 4.79 Å². The third-order valence-electron chi connectivity index (χ3n) is 3.44. The number of hydrogen-bond donors (Lipinski definition) is 1. The molecule has 0 saturated carbocycles. The van der Waals surface area contributed by atoms with Gasteiger partial charge in [-0.3, -0.25) is 4.79 Å². The summed E-state index contributed by atoms with van der Waals surface area (Å²) in [7, 11) is 0. The van der Waals surface area contributed by atoms with E-state index in [9.17, 15) is 4.79 Å². The molecule has 2 aromatic rings. The molecule has 1 aliphatic heterocycles. The van der Waals surface area contributed by atoms with E-state index in [0.29, 0.717) is 5.69 Å². The Bertz CT molecular complexity index is 598. The molecule has 0 atom stereocenters. The van der Waals surface area contributed by atoms with Gasteiger partial charge in [0.1, 0.15) is 5.69 Å². The lowest BCUT2D eigenvalue weighted by Crippen LogP contribution is -2.34. The summed E-state index contributed by atoms with van der Waals surface area (Å²) in [6, 6.07) is 11.7. The first-order valence-electron chi connectivity index (χ1n) is 6.70. The molecule has 2 heterocycles. The van der Waals surface area contributed by atoms with Crippen molar-refractivity contribution >= 4 is 41.6 Å². The largest absolute Gasteiger partial charge is 0.336 e. The predicted molar refractivity (Wildman–Crippen MR) is 89.6 cm³/mol. The summed E-state index contributed by atoms with van der Waals surface area (Å²) in [5.41, 5.74) is 1.42. The van der Waals surface area contributed by atoms with Crippen molar-refractivity contribution in [3.8, 4) is 0 Å². The Morgan fingerprint density at radius 1 is 1.05 bits per heavy atom. The van der Waals surface area contributed by atoms with Crippen LogP contribution in [0.15, 0.2) is 36.4 Å². The smallest absolute Gasteiger partial charge is 0.272 e. The van der Waals surface area contributed by atoms with Crippen LogP contribution in [0, 0.1) is 0 Å². The van der Waals surface area contributed by atoms with Crippen molar-refractivity contribution in [3.63, 3.8) is 0 Å². The number of benzene rings is 1. The van der Waals surface area contributed by atoms with Crippen LogP contribution in [0.4, 0.5) is 0 Å². The van der Waals surface area contributed by atoms with Crippen LogP contribution >= 0.6 is 24.8 Å². The number of para-hydroxylation sites is 1. The first-order chi connectivity index (χ1) is 9.34. The van der Waals surface area contributed by atoms with E-state index in [1.54, 1.807) is 0 Å².